The molecule has 1 N–H and O–H groups in total. The summed E-state index contributed by atoms with van der Waals surface area (Å²) in [5.41, 5.74) is 2.97. The molecule has 2 aromatic rings. The molecule has 2 unspecified atom stereocenters. The van der Waals surface area contributed by atoms with Gasteiger partial charge in [0.25, 0.3) is 0 Å². The molecule has 1 heterocycles. The molecule has 29 heavy (non-hydrogen) atoms. The van der Waals surface area contributed by atoms with Crippen molar-refractivity contribution in [2.24, 2.45) is 0 Å². The van der Waals surface area contributed by atoms with Crippen molar-refractivity contribution in [1.82, 2.24) is 9.80 Å². The normalized spacial score (nSPS) is 17.4. The van der Waals surface area contributed by atoms with Gasteiger partial charge < -0.3 is 10.2 Å². The molecule has 0 bridgehead atoms. The minimum absolute atomic E-state index is 0.000434. The number of aryl methyl sites for hydroxylation is 1. The molecular weight excluding hydrogens is 362 g/mol. The molecule has 0 aromatic heterocycles. The highest BCUT2D eigenvalue weighted by atomic mass is 16.2. The molecule has 1 aliphatic heterocycles. The zero-order valence-electron chi connectivity index (χ0n) is 17.6. The topological polar surface area (TPSA) is 52.7 Å². The summed E-state index contributed by atoms with van der Waals surface area (Å²) in [6.07, 6.45) is 2.50. The smallest absolute Gasteiger partial charge is 0.247 e. The Labute approximate surface area is 173 Å². The number of hydrogen-bond acceptors (Lipinski definition) is 3. The monoisotopic (exact) mass is 393 g/mol. The van der Waals surface area contributed by atoms with Gasteiger partial charge in [-0.3, -0.25) is 14.5 Å². The van der Waals surface area contributed by atoms with Crippen molar-refractivity contribution in [3.63, 3.8) is 0 Å². The molecule has 2 atom stereocenters. The van der Waals surface area contributed by atoms with Crippen molar-refractivity contribution >= 4 is 17.5 Å². The van der Waals surface area contributed by atoms with Crippen LogP contribution >= 0.6 is 0 Å². The van der Waals surface area contributed by atoms with E-state index in [4.69, 9.17) is 0 Å². The zero-order chi connectivity index (χ0) is 20.8. The Bertz CT molecular complexity index is 820. The van der Waals surface area contributed by atoms with E-state index in [9.17, 15) is 9.59 Å². The first-order chi connectivity index (χ1) is 14.0. The molecule has 0 aliphatic carbocycles. The second-order valence-corrected chi connectivity index (χ2v) is 7.62. The number of amides is 2. The standard InChI is InChI=1S/C24H31N3O2/c1-4-18-13-15-20(16-14-18)25-23(28)21-12-9-17-27(21)24(29)22(26(3)5-2)19-10-7-6-8-11-19/h6-8,10-11,13-16,21-22H,4-5,9,12,17H2,1-3H3,(H,25,28). The van der Waals surface area contributed by atoms with Gasteiger partial charge in [0, 0.05) is 12.2 Å². The molecule has 0 saturated carbocycles. The molecule has 1 fully saturated rings. The Morgan fingerprint density at radius 1 is 1.10 bits per heavy atom. The van der Waals surface area contributed by atoms with Gasteiger partial charge in [0.15, 0.2) is 0 Å². The maximum Gasteiger partial charge on any atom is 0.247 e. The van der Waals surface area contributed by atoms with E-state index in [1.165, 1.54) is 5.56 Å². The third kappa shape index (κ3) is 4.85. The van der Waals surface area contributed by atoms with Gasteiger partial charge >= 0.3 is 0 Å². The van der Waals surface area contributed by atoms with E-state index < -0.39 is 6.04 Å². The highest BCUT2D eigenvalue weighted by Gasteiger charge is 2.38. The summed E-state index contributed by atoms with van der Waals surface area (Å²) >= 11 is 0. The molecule has 0 radical (unpaired) electrons. The minimum Gasteiger partial charge on any atom is -0.329 e. The number of benzene rings is 2. The summed E-state index contributed by atoms with van der Waals surface area (Å²) in [5, 5.41) is 3.00. The first-order valence-corrected chi connectivity index (χ1v) is 10.5. The van der Waals surface area contributed by atoms with Crippen LogP contribution in [-0.4, -0.2) is 47.8 Å². The van der Waals surface area contributed by atoms with E-state index in [-0.39, 0.29) is 17.9 Å². The molecule has 2 amide bonds. The number of carbonyl (C=O) groups is 2. The fourth-order valence-corrected chi connectivity index (χ4v) is 3.91. The van der Waals surface area contributed by atoms with E-state index in [1.54, 1.807) is 4.90 Å². The van der Waals surface area contributed by atoms with Gasteiger partial charge in [-0.2, -0.15) is 0 Å². The third-order valence-electron chi connectivity index (χ3n) is 5.76. The van der Waals surface area contributed by atoms with E-state index in [0.717, 1.165) is 30.6 Å². The van der Waals surface area contributed by atoms with Crippen molar-refractivity contribution in [3.8, 4) is 0 Å². The maximum absolute atomic E-state index is 13.5. The summed E-state index contributed by atoms with van der Waals surface area (Å²) < 4.78 is 0. The average Bonchev–Trinajstić information content (AvgIpc) is 3.25. The summed E-state index contributed by atoms with van der Waals surface area (Å²) in [7, 11) is 1.95. The van der Waals surface area contributed by atoms with Gasteiger partial charge in [0.05, 0.1) is 0 Å². The quantitative estimate of drug-likeness (QED) is 0.777. The second-order valence-electron chi connectivity index (χ2n) is 7.62. The first-order valence-electron chi connectivity index (χ1n) is 10.5. The molecule has 5 nitrogen and oxygen atoms in total. The van der Waals surface area contributed by atoms with Gasteiger partial charge in [0.2, 0.25) is 11.8 Å². The molecule has 1 saturated heterocycles. The third-order valence-corrected chi connectivity index (χ3v) is 5.76. The minimum atomic E-state index is -0.426. The molecule has 3 rings (SSSR count). The molecule has 5 heteroatoms. The number of likely N-dealkylation sites (tertiary alicyclic amines) is 1. The Balaban J connectivity index is 1.77. The predicted octanol–water partition coefficient (Wildman–Crippen LogP) is 3.87. The Morgan fingerprint density at radius 2 is 1.79 bits per heavy atom. The van der Waals surface area contributed by atoms with Gasteiger partial charge in [0.1, 0.15) is 12.1 Å². The number of rotatable bonds is 7. The van der Waals surface area contributed by atoms with Crippen LogP contribution in [0, 0.1) is 0 Å². The lowest BCUT2D eigenvalue weighted by Crippen LogP contribution is -2.48. The number of likely N-dealkylation sites (N-methyl/N-ethyl adjacent to an activating group) is 1. The number of anilines is 1. The summed E-state index contributed by atoms with van der Waals surface area (Å²) in [6, 6.07) is 16.9. The highest BCUT2D eigenvalue weighted by Crippen LogP contribution is 2.27. The molecular formula is C24H31N3O2. The first kappa shape index (κ1) is 21.1. The van der Waals surface area contributed by atoms with Gasteiger partial charge in [-0.05, 0) is 56.1 Å². The zero-order valence-corrected chi connectivity index (χ0v) is 17.6. The van der Waals surface area contributed by atoms with Gasteiger partial charge in [-0.15, -0.1) is 0 Å². The van der Waals surface area contributed by atoms with Crippen LogP contribution in [0.2, 0.25) is 0 Å². The average molecular weight is 394 g/mol. The van der Waals surface area contributed by atoms with Crippen molar-refractivity contribution in [3.05, 3.63) is 65.7 Å². The lowest BCUT2D eigenvalue weighted by Gasteiger charge is -2.33. The van der Waals surface area contributed by atoms with Crippen LogP contribution in [-0.2, 0) is 16.0 Å². The summed E-state index contributed by atoms with van der Waals surface area (Å²) in [4.78, 5) is 30.3. The molecule has 1 aliphatic rings. The van der Waals surface area contributed by atoms with Crippen molar-refractivity contribution in [2.75, 3.05) is 25.5 Å². The maximum atomic E-state index is 13.5. The van der Waals surface area contributed by atoms with Crippen molar-refractivity contribution in [2.45, 2.75) is 45.2 Å². The molecule has 2 aromatic carbocycles. The summed E-state index contributed by atoms with van der Waals surface area (Å²) in [5.74, 6) is -0.106. The Kier molecular flexibility index (Phi) is 7.04. The van der Waals surface area contributed by atoms with Gasteiger partial charge in [-0.25, -0.2) is 0 Å². The number of carbonyl (C=O) groups excluding carboxylic acids is 2. The van der Waals surface area contributed by atoms with Crippen LogP contribution in [0.1, 0.15) is 43.9 Å². The number of nitrogens with zero attached hydrogens (tertiary/aromatic N) is 2. The van der Waals surface area contributed by atoms with Crippen LogP contribution in [0.5, 0.6) is 0 Å². The van der Waals surface area contributed by atoms with Crippen LogP contribution in [0.4, 0.5) is 5.69 Å². The van der Waals surface area contributed by atoms with Crippen LogP contribution < -0.4 is 5.32 Å². The fraction of sp³-hybridized carbons (Fsp3) is 0.417. The van der Waals surface area contributed by atoms with E-state index in [2.05, 4.69) is 12.2 Å². The van der Waals surface area contributed by atoms with Crippen LogP contribution in [0.25, 0.3) is 0 Å². The van der Waals surface area contributed by atoms with Crippen molar-refractivity contribution in [1.29, 1.82) is 0 Å². The van der Waals surface area contributed by atoms with E-state index in [0.29, 0.717) is 13.0 Å². The Morgan fingerprint density at radius 3 is 2.41 bits per heavy atom. The van der Waals surface area contributed by atoms with Crippen LogP contribution in [0.3, 0.4) is 0 Å². The van der Waals surface area contributed by atoms with Crippen LogP contribution in [0.15, 0.2) is 54.6 Å². The number of nitrogens with one attached hydrogen (secondary N) is 1. The van der Waals surface area contributed by atoms with Crippen molar-refractivity contribution < 1.29 is 9.59 Å². The SMILES string of the molecule is CCc1ccc(NC(=O)C2CCCN2C(=O)C(c2ccccc2)N(C)CC)cc1. The fourth-order valence-electron chi connectivity index (χ4n) is 3.91. The lowest BCUT2D eigenvalue weighted by atomic mass is 10.0. The highest BCUT2D eigenvalue weighted by molar-refractivity contribution is 5.98. The second kappa shape index (κ2) is 9.70. The lowest BCUT2D eigenvalue weighted by molar-refractivity contribution is -0.141. The number of hydrogen-bond donors (Lipinski definition) is 1. The van der Waals surface area contributed by atoms with E-state index >= 15 is 0 Å². The summed E-state index contributed by atoms with van der Waals surface area (Å²) in [6.45, 7) is 5.51. The molecule has 0 spiro atoms. The molecule has 154 valence electrons. The van der Waals surface area contributed by atoms with E-state index in [1.807, 2.05) is 73.5 Å². The Hall–Kier alpha value is -2.66. The largest absolute Gasteiger partial charge is 0.329 e. The predicted molar refractivity (Wildman–Crippen MR) is 117 cm³/mol. The van der Waals surface area contributed by atoms with Gasteiger partial charge in [-0.1, -0.05) is 56.3 Å².